The van der Waals surface area contributed by atoms with Crippen molar-refractivity contribution in [3.05, 3.63) is 74.0 Å². The molecule has 1 saturated heterocycles. The summed E-state index contributed by atoms with van der Waals surface area (Å²) in [7, 11) is 0. The van der Waals surface area contributed by atoms with Crippen LogP contribution in [0.1, 0.15) is 0 Å². The Hall–Kier alpha value is -2.81. The second-order valence-electron chi connectivity index (χ2n) is 6.83. The molecule has 11 heteroatoms. The SMILES string of the molecule is O=[N+]([O-])c1c(Nc2cccc(Cl)c2Cl)ncnc1N1CCN(c2cccc(Cl)c2)CC1. The molecule has 3 aromatic rings. The molecule has 1 aromatic heterocycles. The fraction of sp³-hybridized carbons (Fsp3) is 0.200. The van der Waals surface area contributed by atoms with Crippen molar-refractivity contribution in [2.45, 2.75) is 0 Å². The van der Waals surface area contributed by atoms with E-state index in [9.17, 15) is 10.1 Å². The van der Waals surface area contributed by atoms with E-state index in [4.69, 9.17) is 34.8 Å². The third kappa shape index (κ3) is 4.61. The first kappa shape index (κ1) is 21.4. The standard InChI is InChI=1S/C20H17Cl3N6O2/c21-13-3-1-4-14(11-13)27-7-9-28(10-8-27)20-18(29(30)31)19(24-12-25-20)26-16-6-2-5-15(22)17(16)23/h1-6,11-12H,7-10H2,(H,24,25,26). The maximum atomic E-state index is 11.9. The number of piperazine rings is 1. The number of halogens is 3. The molecule has 0 spiro atoms. The molecule has 0 bridgehead atoms. The topological polar surface area (TPSA) is 87.4 Å². The number of hydrogen-bond donors (Lipinski definition) is 1. The van der Waals surface area contributed by atoms with Crippen LogP contribution >= 0.6 is 34.8 Å². The summed E-state index contributed by atoms with van der Waals surface area (Å²) in [5.41, 5.74) is 1.23. The summed E-state index contributed by atoms with van der Waals surface area (Å²) in [6.07, 6.45) is 1.30. The maximum absolute atomic E-state index is 11.9. The van der Waals surface area contributed by atoms with Crippen LogP contribution in [0.2, 0.25) is 15.1 Å². The average molecular weight is 480 g/mol. The number of nitro groups is 1. The van der Waals surface area contributed by atoms with Crippen LogP contribution in [0.3, 0.4) is 0 Å². The van der Waals surface area contributed by atoms with Crippen molar-refractivity contribution in [2.75, 3.05) is 41.3 Å². The molecule has 4 rings (SSSR count). The van der Waals surface area contributed by atoms with Gasteiger partial charge in [0, 0.05) is 36.9 Å². The lowest BCUT2D eigenvalue weighted by atomic mass is 10.2. The molecule has 0 aliphatic carbocycles. The molecule has 1 aliphatic heterocycles. The Morgan fingerprint density at radius 3 is 2.39 bits per heavy atom. The molecule has 1 aliphatic rings. The largest absolute Gasteiger partial charge is 0.368 e. The lowest BCUT2D eigenvalue weighted by Crippen LogP contribution is -2.47. The Kier molecular flexibility index (Phi) is 6.31. The summed E-state index contributed by atoms with van der Waals surface area (Å²) in [5.74, 6) is 0.308. The van der Waals surface area contributed by atoms with Gasteiger partial charge in [-0.15, -0.1) is 0 Å². The summed E-state index contributed by atoms with van der Waals surface area (Å²) >= 11 is 18.4. The first-order valence-electron chi connectivity index (χ1n) is 9.40. The zero-order valence-electron chi connectivity index (χ0n) is 16.1. The Bertz CT molecular complexity index is 1120. The van der Waals surface area contributed by atoms with E-state index in [2.05, 4.69) is 20.2 Å². The summed E-state index contributed by atoms with van der Waals surface area (Å²) in [6.45, 7) is 2.46. The number of nitrogens with zero attached hydrogens (tertiary/aromatic N) is 5. The molecule has 160 valence electrons. The zero-order valence-corrected chi connectivity index (χ0v) is 18.4. The van der Waals surface area contributed by atoms with Crippen LogP contribution in [0, 0.1) is 10.1 Å². The van der Waals surface area contributed by atoms with Crippen LogP contribution in [0.5, 0.6) is 0 Å². The molecule has 1 N–H and O–H groups in total. The smallest absolute Gasteiger partial charge is 0.353 e. The van der Waals surface area contributed by atoms with Gasteiger partial charge in [-0.3, -0.25) is 10.1 Å². The predicted molar refractivity (Wildman–Crippen MR) is 124 cm³/mol. The van der Waals surface area contributed by atoms with E-state index in [1.165, 1.54) is 6.33 Å². The first-order valence-corrected chi connectivity index (χ1v) is 10.5. The molecular formula is C20H17Cl3N6O2. The van der Waals surface area contributed by atoms with Crippen molar-refractivity contribution in [3.8, 4) is 0 Å². The Balaban J connectivity index is 1.58. The van der Waals surface area contributed by atoms with Crippen molar-refractivity contribution < 1.29 is 4.92 Å². The van der Waals surface area contributed by atoms with E-state index in [0.717, 1.165) is 5.69 Å². The van der Waals surface area contributed by atoms with Gasteiger partial charge in [0.2, 0.25) is 11.6 Å². The minimum absolute atomic E-state index is 0.0523. The van der Waals surface area contributed by atoms with Crippen LogP contribution in [-0.2, 0) is 0 Å². The molecule has 0 radical (unpaired) electrons. The minimum atomic E-state index is -0.487. The highest BCUT2D eigenvalue weighted by Crippen LogP contribution is 2.37. The van der Waals surface area contributed by atoms with Gasteiger partial charge in [-0.2, -0.15) is 0 Å². The molecule has 1 fully saturated rings. The number of rotatable bonds is 5. The Morgan fingerprint density at radius 2 is 1.68 bits per heavy atom. The fourth-order valence-electron chi connectivity index (χ4n) is 3.44. The van der Waals surface area contributed by atoms with E-state index in [-0.39, 0.29) is 22.3 Å². The van der Waals surface area contributed by atoms with Gasteiger partial charge in [-0.05, 0) is 30.3 Å². The molecule has 2 aromatic carbocycles. The van der Waals surface area contributed by atoms with Gasteiger partial charge in [0.15, 0.2) is 0 Å². The number of anilines is 4. The van der Waals surface area contributed by atoms with Gasteiger partial charge in [-0.25, -0.2) is 9.97 Å². The molecular weight excluding hydrogens is 463 g/mol. The molecule has 0 unspecified atom stereocenters. The molecule has 2 heterocycles. The van der Waals surface area contributed by atoms with E-state index in [1.807, 2.05) is 29.2 Å². The van der Waals surface area contributed by atoms with E-state index in [0.29, 0.717) is 41.9 Å². The van der Waals surface area contributed by atoms with Crippen molar-refractivity contribution in [1.82, 2.24) is 9.97 Å². The second kappa shape index (κ2) is 9.13. The highest BCUT2D eigenvalue weighted by Gasteiger charge is 2.29. The van der Waals surface area contributed by atoms with Gasteiger partial charge in [-0.1, -0.05) is 46.9 Å². The quantitative estimate of drug-likeness (QED) is 0.386. The highest BCUT2D eigenvalue weighted by molar-refractivity contribution is 6.43. The van der Waals surface area contributed by atoms with Gasteiger partial charge in [0.1, 0.15) is 6.33 Å². The number of nitrogens with one attached hydrogen (secondary N) is 1. The summed E-state index contributed by atoms with van der Waals surface area (Å²) in [4.78, 5) is 23.8. The van der Waals surface area contributed by atoms with Gasteiger partial charge < -0.3 is 15.1 Å². The highest BCUT2D eigenvalue weighted by atomic mass is 35.5. The van der Waals surface area contributed by atoms with Gasteiger partial charge in [0.25, 0.3) is 0 Å². The average Bonchev–Trinajstić information content (AvgIpc) is 2.77. The van der Waals surface area contributed by atoms with Crippen molar-refractivity contribution >= 4 is 63.5 Å². The summed E-state index contributed by atoms with van der Waals surface area (Å²) in [6, 6.07) is 12.6. The van der Waals surface area contributed by atoms with Crippen LogP contribution in [0.15, 0.2) is 48.8 Å². The van der Waals surface area contributed by atoms with Gasteiger partial charge in [0.05, 0.1) is 20.7 Å². The van der Waals surface area contributed by atoms with Crippen LogP contribution in [-0.4, -0.2) is 41.1 Å². The zero-order chi connectivity index (χ0) is 22.0. The summed E-state index contributed by atoms with van der Waals surface area (Å²) in [5, 5.41) is 16.1. The van der Waals surface area contributed by atoms with Crippen molar-refractivity contribution in [1.29, 1.82) is 0 Å². The maximum Gasteiger partial charge on any atom is 0.353 e. The normalized spacial score (nSPS) is 13.9. The fourth-order valence-corrected chi connectivity index (χ4v) is 3.97. The Morgan fingerprint density at radius 1 is 0.968 bits per heavy atom. The van der Waals surface area contributed by atoms with Crippen LogP contribution in [0.25, 0.3) is 0 Å². The lowest BCUT2D eigenvalue weighted by Gasteiger charge is -2.36. The Labute approximate surface area is 193 Å². The molecule has 0 saturated carbocycles. The van der Waals surface area contributed by atoms with Crippen molar-refractivity contribution in [2.24, 2.45) is 0 Å². The number of aromatic nitrogens is 2. The van der Waals surface area contributed by atoms with Crippen LogP contribution in [0.4, 0.5) is 28.7 Å². The van der Waals surface area contributed by atoms with Gasteiger partial charge >= 0.3 is 5.69 Å². The third-order valence-corrected chi connectivity index (χ3v) is 6.00. The monoisotopic (exact) mass is 478 g/mol. The molecule has 31 heavy (non-hydrogen) atoms. The predicted octanol–water partition coefficient (Wildman–Crippen LogP) is 5.42. The number of benzene rings is 2. The van der Waals surface area contributed by atoms with Crippen molar-refractivity contribution in [3.63, 3.8) is 0 Å². The minimum Gasteiger partial charge on any atom is -0.368 e. The first-order chi connectivity index (χ1) is 14.9. The lowest BCUT2D eigenvalue weighted by molar-refractivity contribution is -0.383. The third-order valence-electron chi connectivity index (χ3n) is 4.94. The molecule has 0 atom stereocenters. The molecule has 0 amide bonds. The summed E-state index contributed by atoms with van der Waals surface area (Å²) < 4.78 is 0. The second-order valence-corrected chi connectivity index (χ2v) is 8.05. The van der Waals surface area contributed by atoms with E-state index >= 15 is 0 Å². The van der Waals surface area contributed by atoms with E-state index in [1.54, 1.807) is 18.2 Å². The van der Waals surface area contributed by atoms with Crippen LogP contribution < -0.4 is 15.1 Å². The van der Waals surface area contributed by atoms with E-state index < -0.39 is 4.92 Å². The number of hydrogen-bond acceptors (Lipinski definition) is 7. The molecule has 8 nitrogen and oxygen atoms in total.